The van der Waals surface area contributed by atoms with E-state index in [2.05, 4.69) is 22.1 Å². The Bertz CT molecular complexity index is 1440. The summed E-state index contributed by atoms with van der Waals surface area (Å²) in [5, 5.41) is 18.4. The quantitative estimate of drug-likeness (QED) is 0.481. The van der Waals surface area contributed by atoms with Gasteiger partial charge in [0, 0.05) is 22.9 Å². The number of amides is 1. The molecule has 0 spiro atoms. The fourth-order valence-corrected chi connectivity index (χ4v) is 4.64. The third kappa shape index (κ3) is 3.06. The van der Waals surface area contributed by atoms with Crippen LogP contribution in [0.5, 0.6) is 11.5 Å². The SMILES string of the molecule is CCc1ccc(-c2cc3c(n4cnnc24)N(C(=O)O)Cc2c(F)ccc4c2[C@@H](CO4)CO3)nc1. The predicted octanol–water partition coefficient (Wildman–Crippen LogP) is 4.05. The van der Waals surface area contributed by atoms with Gasteiger partial charge in [-0.2, -0.15) is 0 Å². The molecule has 2 aliphatic rings. The molecule has 0 bridgehead atoms. The normalized spacial score (nSPS) is 16.6. The van der Waals surface area contributed by atoms with Gasteiger partial charge >= 0.3 is 6.09 Å². The lowest BCUT2D eigenvalue weighted by Crippen LogP contribution is -2.31. The number of hydrogen-bond donors (Lipinski definition) is 1. The minimum Gasteiger partial charge on any atom is -0.493 e. The summed E-state index contributed by atoms with van der Waals surface area (Å²) in [4.78, 5) is 18.1. The van der Waals surface area contributed by atoms with Gasteiger partial charge < -0.3 is 14.6 Å². The van der Waals surface area contributed by atoms with E-state index in [4.69, 9.17) is 9.47 Å². The van der Waals surface area contributed by atoms with E-state index in [9.17, 15) is 14.3 Å². The number of benzene rings is 1. The first kappa shape index (κ1) is 20.4. The van der Waals surface area contributed by atoms with E-state index < -0.39 is 11.9 Å². The summed E-state index contributed by atoms with van der Waals surface area (Å²) in [7, 11) is 0. The number of fused-ring (bicyclic) bond motifs is 3. The largest absolute Gasteiger partial charge is 0.493 e. The van der Waals surface area contributed by atoms with Crippen molar-refractivity contribution < 1.29 is 23.8 Å². The highest BCUT2D eigenvalue weighted by atomic mass is 19.1. The second kappa shape index (κ2) is 7.68. The number of nitrogens with zero attached hydrogens (tertiary/aromatic N) is 5. The van der Waals surface area contributed by atoms with Crippen LogP contribution in [0.25, 0.3) is 16.9 Å². The Kier molecular flexibility index (Phi) is 4.61. The van der Waals surface area contributed by atoms with E-state index in [1.807, 2.05) is 12.1 Å². The van der Waals surface area contributed by atoms with Crippen molar-refractivity contribution in [3.63, 3.8) is 0 Å². The average molecular weight is 461 g/mol. The lowest BCUT2D eigenvalue weighted by molar-refractivity contribution is 0.200. The highest BCUT2D eigenvalue weighted by Crippen LogP contribution is 2.43. The molecule has 5 heterocycles. The smallest absolute Gasteiger partial charge is 0.413 e. The molecule has 0 fully saturated rings. The Hall–Kier alpha value is -4.21. The van der Waals surface area contributed by atoms with Crippen LogP contribution < -0.4 is 14.4 Å². The molecule has 0 saturated heterocycles. The summed E-state index contributed by atoms with van der Waals surface area (Å²) in [6.07, 6.45) is 2.82. The van der Waals surface area contributed by atoms with Crippen molar-refractivity contribution in [3.8, 4) is 22.8 Å². The highest BCUT2D eigenvalue weighted by molar-refractivity contribution is 5.90. The lowest BCUT2D eigenvalue weighted by Gasteiger charge is -2.23. The molecule has 1 N–H and O–H groups in total. The van der Waals surface area contributed by atoms with Gasteiger partial charge in [-0.1, -0.05) is 13.0 Å². The Labute approximate surface area is 193 Å². The molecular formula is C24H20FN5O4. The van der Waals surface area contributed by atoms with Crippen LogP contribution in [-0.4, -0.2) is 44.0 Å². The fraction of sp³-hybridized carbons (Fsp3) is 0.250. The molecule has 172 valence electrons. The molecular weight excluding hydrogens is 441 g/mol. The Morgan fingerprint density at radius 3 is 2.76 bits per heavy atom. The summed E-state index contributed by atoms with van der Waals surface area (Å²) in [5.41, 5.74) is 3.75. The molecule has 3 aromatic heterocycles. The van der Waals surface area contributed by atoms with E-state index in [1.54, 1.807) is 22.7 Å². The lowest BCUT2D eigenvalue weighted by atomic mass is 9.95. The van der Waals surface area contributed by atoms with Gasteiger partial charge in [0.25, 0.3) is 0 Å². The number of halogens is 1. The zero-order valence-corrected chi connectivity index (χ0v) is 18.2. The third-order valence-electron chi connectivity index (χ3n) is 6.37. The molecule has 0 saturated carbocycles. The van der Waals surface area contributed by atoms with Crippen molar-refractivity contribution in [2.45, 2.75) is 25.8 Å². The zero-order valence-electron chi connectivity index (χ0n) is 18.2. The van der Waals surface area contributed by atoms with E-state index in [0.717, 1.165) is 16.9 Å². The first-order valence-corrected chi connectivity index (χ1v) is 10.9. The molecule has 1 aromatic carbocycles. The molecule has 0 unspecified atom stereocenters. The molecule has 34 heavy (non-hydrogen) atoms. The maximum Gasteiger partial charge on any atom is 0.413 e. The highest BCUT2D eigenvalue weighted by Gasteiger charge is 2.35. The molecule has 1 atom stereocenters. The number of ether oxygens (including phenoxy) is 2. The number of aromatic nitrogens is 4. The molecule has 6 rings (SSSR count). The van der Waals surface area contributed by atoms with Gasteiger partial charge in [-0.05, 0) is 36.2 Å². The van der Waals surface area contributed by atoms with E-state index in [1.165, 1.54) is 12.4 Å². The molecule has 9 nitrogen and oxygen atoms in total. The van der Waals surface area contributed by atoms with Crippen LogP contribution in [0, 0.1) is 5.82 Å². The first-order valence-electron chi connectivity index (χ1n) is 10.9. The van der Waals surface area contributed by atoms with E-state index >= 15 is 0 Å². The zero-order chi connectivity index (χ0) is 23.4. The van der Waals surface area contributed by atoms with E-state index in [0.29, 0.717) is 40.6 Å². The number of hydrogen-bond acceptors (Lipinski definition) is 6. The number of pyridine rings is 2. The molecule has 0 radical (unpaired) electrons. The number of carboxylic acid groups (broad SMARTS) is 1. The van der Waals surface area contributed by atoms with Gasteiger partial charge in [0.15, 0.2) is 17.2 Å². The Balaban J connectivity index is 1.57. The topological polar surface area (TPSA) is 102 Å². The number of aryl methyl sites for hydroxylation is 1. The summed E-state index contributed by atoms with van der Waals surface area (Å²) in [5.74, 6) is 0.355. The number of rotatable bonds is 2. The van der Waals surface area contributed by atoms with Crippen LogP contribution in [0.15, 0.2) is 42.9 Å². The van der Waals surface area contributed by atoms with Crippen LogP contribution in [0.2, 0.25) is 0 Å². The average Bonchev–Trinajstić information content (AvgIpc) is 3.50. The second-order valence-corrected chi connectivity index (χ2v) is 8.30. The van der Waals surface area contributed by atoms with E-state index in [-0.39, 0.29) is 30.5 Å². The van der Waals surface area contributed by atoms with Gasteiger partial charge in [0.05, 0.1) is 31.4 Å². The molecule has 4 aromatic rings. The molecule has 2 aliphatic heterocycles. The van der Waals surface area contributed by atoms with Crippen molar-refractivity contribution in [3.05, 3.63) is 65.4 Å². The third-order valence-corrected chi connectivity index (χ3v) is 6.37. The van der Waals surface area contributed by atoms with Crippen LogP contribution in [0.3, 0.4) is 0 Å². The fourth-order valence-electron chi connectivity index (χ4n) is 4.64. The standard InChI is InChI=1S/C24H20FN5O4/c1-2-13-3-5-18(26-8-13)15-7-20-23(30-12-27-28-22(15)30)29(24(31)32)9-16-17(25)4-6-19-21(16)14(10-33-19)11-34-20/h3-8,12,14H,2,9-11H2,1H3,(H,31,32)/t14-/m0/s1. The molecule has 0 aliphatic carbocycles. The summed E-state index contributed by atoms with van der Waals surface area (Å²) in [6.45, 7) is 2.36. The van der Waals surface area contributed by atoms with Crippen molar-refractivity contribution in [1.29, 1.82) is 0 Å². The van der Waals surface area contributed by atoms with Gasteiger partial charge in [0.1, 0.15) is 17.9 Å². The summed E-state index contributed by atoms with van der Waals surface area (Å²) in [6, 6.07) is 8.48. The van der Waals surface area contributed by atoms with Crippen molar-refractivity contribution >= 4 is 17.6 Å². The van der Waals surface area contributed by atoms with Crippen molar-refractivity contribution in [1.82, 2.24) is 19.6 Å². The molecule has 1 amide bonds. The maximum atomic E-state index is 15.0. The van der Waals surface area contributed by atoms with Crippen molar-refractivity contribution in [2.24, 2.45) is 0 Å². The summed E-state index contributed by atoms with van der Waals surface area (Å²) >= 11 is 0. The van der Waals surface area contributed by atoms with Crippen LogP contribution >= 0.6 is 0 Å². The van der Waals surface area contributed by atoms with Gasteiger partial charge in [-0.25, -0.2) is 9.18 Å². The van der Waals surface area contributed by atoms with Crippen molar-refractivity contribution in [2.75, 3.05) is 18.1 Å². The van der Waals surface area contributed by atoms with Gasteiger partial charge in [-0.3, -0.25) is 14.3 Å². The van der Waals surface area contributed by atoms with Crippen LogP contribution in [0.1, 0.15) is 29.5 Å². The summed E-state index contributed by atoms with van der Waals surface area (Å²) < 4.78 is 28.4. The first-order chi connectivity index (χ1) is 16.5. The monoisotopic (exact) mass is 461 g/mol. The maximum absolute atomic E-state index is 15.0. The number of anilines is 1. The van der Waals surface area contributed by atoms with Crippen LogP contribution in [0.4, 0.5) is 15.0 Å². The van der Waals surface area contributed by atoms with Gasteiger partial charge in [0.2, 0.25) is 0 Å². The Morgan fingerprint density at radius 2 is 2.03 bits per heavy atom. The Morgan fingerprint density at radius 1 is 1.21 bits per heavy atom. The minimum absolute atomic E-state index is 0.194. The number of carbonyl (C=O) groups is 1. The predicted molar refractivity (Wildman–Crippen MR) is 120 cm³/mol. The van der Waals surface area contributed by atoms with Gasteiger partial charge in [-0.15, -0.1) is 10.2 Å². The minimum atomic E-state index is -1.26. The second-order valence-electron chi connectivity index (χ2n) is 8.30. The molecule has 10 heteroatoms. The van der Waals surface area contributed by atoms with Crippen LogP contribution in [-0.2, 0) is 13.0 Å².